The van der Waals surface area contributed by atoms with E-state index in [4.69, 9.17) is 5.11 Å². The molecule has 0 bridgehead atoms. The van der Waals surface area contributed by atoms with E-state index in [1.54, 1.807) is 0 Å². The van der Waals surface area contributed by atoms with Crippen LogP contribution >= 0.6 is 0 Å². The van der Waals surface area contributed by atoms with Crippen LogP contribution in [0.15, 0.2) is 18.2 Å². The van der Waals surface area contributed by atoms with E-state index >= 15 is 0 Å². The number of nitrogens with one attached hydrogen (secondary N) is 2. The van der Waals surface area contributed by atoms with Crippen molar-refractivity contribution in [2.75, 3.05) is 13.2 Å². The van der Waals surface area contributed by atoms with Gasteiger partial charge in [0.05, 0.1) is 6.04 Å². The van der Waals surface area contributed by atoms with Crippen LogP contribution in [0.25, 0.3) is 0 Å². The third-order valence-electron chi connectivity index (χ3n) is 3.77. The van der Waals surface area contributed by atoms with E-state index in [2.05, 4.69) is 10.6 Å². The van der Waals surface area contributed by atoms with E-state index < -0.39 is 23.7 Å². The molecule has 130 valence electrons. The Morgan fingerprint density at radius 2 is 1.96 bits per heavy atom. The van der Waals surface area contributed by atoms with Crippen molar-refractivity contribution in [1.29, 1.82) is 0 Å². The van der Waals surface area contributed by atoms with Gasteiger partial charge >= 0.3 is 6.03 Å². The first kappa shape index (κ1) is 19.4. The molecule has 0 saturated heterocycles. The van der Waals surface area contributed by atoms with Crippen LogP contribution in [-0.4, -0.2) is 24.3 Å². The molecule has 0 aromatic heterocycles. The first-order valence-corrected chi connectivity index (χ1v) is 7.76. The largest absolute Gasteiger partial charge is 0.396 e. The lowest BCUT2D eigenvalue weighted by Gasteiger charge is -2.27. The van der Waals surface area contributed by atoms with Gasteiger partial charge in [-0.05, 0) is 23.8 Å². The number of aliphatic hydroxyl groups is 1. The van der Waals surface area contributed by atoms with E-state index in [-0.39, 0.29) is 23.5 Å². The summed E-state index contributed by atoms with van der Waals surface area (Å²) in [4.78, 5) is 12.1. The normalized spacial score (nSPS) is 13.0. The fourth-order valence-corrected chi connectivity index (χ4v) is 2.26. The molecule has 0 fully saturated rings. The zero-order chi connectivity index (χ0) is 17.6. The minimum Gasteiger partial charge on any atom is -0.396 e. The summed E-state index contributed by atoms with van der Waals surface area (Å²) >= 11 is 0. The highest BCUT2D eigenvalue weighted by Crippen LogP contribution is 2.25. The van der Waals surface area contributed by atoms with Gasteiger partial charge in [-0.1, -0.05) is 33.8 Å². The van der Waals surface area contributed by atoms with Crippen LogP contribution in [0.1, 0.15) is 45.7 Å². The highest BCUT2D eigenvalue weighted by molar-refractivity contribution is 5.74. The Balaban J connectivity index is 2.75. The third kappa shape index (κ3) is 6.14. The van der Waals surface area contributed by atoms with Gasteiger partial charge in [0.1, 0.15) is 11.6 Å². The average molecular weight is 328 g/mol. The summed E-state index contributed by atoms with van der Waals surface area (Å²) in [6, 6.07) is 2.37. The molecule has 23 heavy (non-hydrogen) atoms. The molecule has 0 aliphatic carbocycles. The Labute approximate surface area is 136 Å². The Kier molecular flexibility index (Phi) is 6.94. The summed E-state index contributed by atoms with van der Waals surface area (Å²) in [5.41, 5.74) is 0.0201. The van der Waals surface area contributed by atoms with Crippen molar-refractivity contribution in [3.8, 4) is 0 Å². The van der Waals surface area contributed by atoms with Gasteiger partial charge in [-0.15, -0.1) is 0 Å². The molecular formula is C17H26F2N2O2. The van der Waals surface area contributed by atoms with Crippen LogP contribution in [0.3, 0.4) is 0 Å². The number of rotatable bonds is 7. The second-order valence-electron chi connectivity index (χ2n) is 6.85. The molecule has 1 atom stereocenters. The molecule has 4 nitrogen and oxygen atoms in total. The van der Waals surface area contributed by atoms with Crippen LogP contribution in [0.4, 0.5) is 13.6 Å². The second-order valence-corrected chi connectivity index (χ2v) is 6.85. The molecule has 0 aliphatic heterocycles. The van der Waals surface area contributed by atoms with Gasteiger partial charge < -0.3 is 15.7 Å². The number of halogens is 2. The standard InChI is InChI=1S/C17H26F2N2O2/c1-11(2)15(13-6-5-12(18)9-14(13)19)21-16(23)20-10-17(3,4)7-8-22/h5-6,9,11,15,22H,7-8,10H2,1-4H3,(H2,20,21,23). The summed E-state index contributed by atoms with van der Waals surface area (Å²) in [5.74, 6) is -1.39. The average Bonchev–Trinajstić information content (AvgIpc) is 2.43. The van der Waals surface area contributed by atoms with Gasteiger partial charge in [0.15, 0.2) is 0 Å². The lowest BCUT2D eigenvalue weighted by atomic mass is 9.90. The second kappa shape index (κ2) is 8.24. The predicted molar refractivity (Wildman–Crippen MR) is 86.0 cm³/mol. The number of urea groups is 1. The number of aliphatic hydroxyl groups excluding tert-OH is 1. The van der Waals surface area contributed by atoms with E-state index in [1.807, 2.05) is 27.7 Å². The molecular weight excluding hydrogens is 302 g/mol. The zero-order valence-electron chi connectivity index (χ0n) is 14.1. The number of amides is 2. The number of hydrogen-bond donors (Lipinski definition) is 3. The van der Waals surface area contributed by atoms with E-state index in [9.17, 15) is 13.6 Å². The molecule has 0 radical (unpaired) electrons. The van der Waals surface area contributed by atoms with Gasteiger partial charge in [0.2, 0.25) is 0 Å². The molecule has 0 saturated carbocycles. The van der Waals surface area contributed by atoms with Gasteiger partial charge in [0, 0.05) is 24.8 Å². The first-order valence-electron chi connectivity index (χ1n) is 7.76. The van der Waals surface area contributed by atoms with E-state index in [0.29, 0.717) is 13.0 Å². The monoisotopic (exact) mass is 328 g/mol. The number of carbonyl (C=O) groups excluding carboxylic acids is 1. The molecule has 1 aromatic rings. The highest BCUT2D eigenvalue weighted by atomic mass is 19.1. The fraction of sp³-hybridized carbons (Fsp3) is 0.588. The van der Waals surface area contributed by atoms with Gasteiger partial charge in [-0.3, -0.25) is 0 Å². The van der Waals surface area contributed by atoms with Crippen molar-refractivity contribution in [2.24, 2.45) is 11.3 Å². The quantitative estimate of drug-likeness (QED) is 0.719. The minimum absolute atomic E-state index is 0.0473. The lowest BCUT2D eigenvalue weighted by Crippen LogP contribution is -2.43. The Bertz CT molecular complexity index is 533. The summed E-state index contributed by atoms with van der Waals surface area (Å²) < 4.78 is 27.0. The highest BCUT2D eigenvalue weighted by Gasteiger charge is 2.23. The SMILES string of the molecule is CC(C)C(NC(=O)NCC(C)(C)CCO)c1ccc(F)cc1F. The molecule has 2 amide bonds. The van der Waals surface area contributed by atoms with Crippen LogP contribution in [-0.2, 0) is 0 Å². The number of hydrogen-bond acceptors (Lipinski definition) is 2. The maximum atomic E-state index is 13.9. The van der Waals surface area contributed by atoms with E-state index in [1.165, 1.54) is 12.1 Å². The van der Waals surface area contributed by atoms with Gasteiger partial charge in [-0.25, -0.2) is 13.6 Å². The molecule has 3 N–H and O–H groups in total. The summed E-state index contributed by atoms with van der Waals surface area (Å²) in [6.07, 6.45) is 0.563. The van der Waals surface area contributed by atoms with Gasteiger partial charge in [0.25, 0.3) is 0 Å². The maximum Gasteiger partial charge on any atom is 0.315 e. The molecule has 1 rings (SSSR count). The molecule has 0 heterocycles. The predicted octanol–water partition coefficient (Wildman–Crippen LogP) is 3.37. The molecule has 6 heteroatoms. The van der Waals surface area contributed by atoms with E-state index in [0.717, 1.165) is 6.07 Å². The smallest absolute Gasteiger partial charge is 0.315 e. The number of carbonyl (C=O) groups is 1. The molecule has 0 aliphatic rings. The molecule has 1 unspecified atom stereocenters. The lowest BCUT2D eigenvalue weighted by molar-refractivity contribution is 0.199. The topological polar surface area (TPSA) is 61.4 Å². The fourth-order valence-electron chi connectivity index (χ4n) is 2.26. The van der Waals surface area contributed by atoms with Crippen LogP contribution < -0.4 is 10.6 Å². The Morgan fingerprint density at radius 3 is 2.48 bits per heavy atom. The Morgan fingerprint density at radius 1 is 1.30 bits per heavy atom. The van der Waals surface area contributed by atoms with Crippen LogP contribution in [0.5, 0.6) is 0 Å². The Hall–Kier alpha value is -1.69. The van der Waals surface area contributed by atoms with Crippen molar-refractivity contribution in [3.05, 3.63) is 35.4 Å². The summed E-state index contributed by atoms with van der Waals surface area (Å²) in [7, 11) is 0. The number of benzene rings is 1. The van der Waals surface area contributed by atoms with Crippen LogP contribution in [0.2, 0.25) is 0 Å². The maximum absolute atomic E-state index is 13.9. The summed E-state index contributed by atoms with van der Waals surface area (Å²) in [5, 5.41) is 14.5. The first-order chi connectivity index (χ1) is 10.7. The molecule has 0 spiro atoms. The van der Waals surface area contributed by atoms with Crippen molar-refractivity contribution >= 4 is 6.03 Å². The molecule has 1 aromatic carbocycles. The summed E-state index contributed by atoms with van der Waals surface area (Å²) in [6.45, 7) is 8.00. The van der Waals surface area contributed by atoms with Gasteiger partial charge in [-0.2, -0.15) is 0 Å². The zero-order valence-corrected chi connectivity index (χ0v) is 14.1. The minimum atomic E-state index is -0.676. The van der Waals surface area contributed by atoms with Crippen molar-refractivity contribution in [2.45, 2.75) is 40.2 Å². The van der Waals surface area contributed by atoms with Crippen molar-refractivity contribution in [1.82, 2.24) is 10.6 Å². The third-order valence-corrected chi connectivity index (χ3v) is 3.77. The van der Waals surface area contributed by atoms with Crippen molar-refractivity contribution < 1.29 is 18.7 Å². The van der Waals surface area contributed by atoms with Crippen molar-refractivity contribution in [3.63, 3.8) is 0 Å². The van der Waals surface area contributed by atoms with Crippen LogP contribution in [0, 0.1) is 23.0 Å².